The summed E-state index contributed by atoms with van der Waals surface area (Å²) in [6.07, 6.45) is -0.808. The molecule has 2 aromatic carbocycles. The molecule has 0 bridgehead atoms. The van der Waals surface area contributed by atoms with Crippen molar-refractivity contribution in [1.29, 1.82) is 0 Å². The van der Waals surface area contributed by atoms with Gasteiger partial charge < -0.3 is 9.84 Å². The fourth-order valence-electron chi connectivity index (χ4n) is 3.26. The summed E-state index contributed by atoms with van der Waals surface area (Å²) in [5, 5.41) is 9.61. The van der Waals surface area contributed by atoms with E-state index in [1.54, 1.807) is 23.9 Å². The molecule has 0 spiro atoms. The van der Waals surface area contributed by atoms with Crippen LogP contribution in [0.4, 0.5) is 13.2 Å². The highest BCUT2D eigenvalue weighted by Gasteiger charge is 2.46. The quantitative estimate of drug-likeness (QED) is 0.653. The van der Waals surface area contributed by atoms with Crippen LogP contribution in [0.25, 0.3) is 11.1 Å². The third-order valence-corrected chi connectivity index (χ3v) is 5.69. The second kappa shape index (κ2) is 7.46. The molecule has 3 rings (SSSR count). The summed E-state index contributed by atoms with van der Waals surface area (Å²) in [7, 11) is 0. The van der Waals surface area contributed by atoms with Gasteiger partial charge in [-0.2, -0.15) is 13.2 Å². The van der Waals surface area contributed by atoms with Crippen LogP contribution in [0.2, 0.25) is 0 Å². The third-order valence-electron chi connectivity index (χ3n) is 4.94. The van der Waals surface area contributed by atoms with Crippen LogP contribution >= 0.6 is 11.8 Å². The van der Waals surface area contributed by atoms with Crippen molar-refractivity contribution in [2.24, 2.45) is 0 Å². The van der Waals surface area contributed by atoms with E-state index in [0.29, 0.717) is 24.0 Å². The molecule has 0 radical (unpaired) electrons. The second-order valence-electron chi connectivity index (χ2n) is 6.58. The molecule has 0 amide bonds. The predicted octanol–water partition coefficient (Wildman–Crippen LogP) is 5.52. The normalized spacial score (nSPS) is 15.9. The lowest BCUT2D eigenvalue weighted by molar-refractivity contribution is -0.153. The molecule has 0 atom stereocenters. The van der Waals surface area contributed by atoms with Gasteiger partial charge in [0.2, 0.25) is 0 Å². The summed E-state index contributed by atoms with van der Waals surface area (Å²) in [5.74, 6) is -0.901. The van der Waals surface area contributed by atoms with Crippen molar-refractivity contribution in [3.8, 4) is 16.9 Å². The largest absolute Gasteiger partial charge is 0.483 e. The van der Waals surface area contributed by atoms with Gasteiger partial charge >= 0.3 is 12.1 Å². The van der Waals surface area contributed by atoms with E-state index in [1.165, 1.54) is 6.07 Å². The Kier molecular flexibility index (Phi) is 5.42. The van der Waals surface area contributed by atoms with Crippen LogP contribution in [-0.4, -0.2) is 30.1 Å². The van der Waals surface area contributed by atoms with Gasteiger partial charge in [0.1, 0.15) is 5.75 Å². The Bertz CT molecular complexity index is 827. The SMILES string of the molecule is CSc1ccc(-c2ccc(C3(C(=O)O)CCC3)cc2OCC(F)(F)F)cc1. The molecule has 0 heterocycles. The van der Waals surface area contributed by atoms with Crippen LogP contribution in [-0.2, 0) is 10.2 Å². The Morgan fingerprint density at radius 3 is 2.33 bits per heavy atom. The van der Waals surface area contributed by atoms with Gasteiger partial charge in [0.25, 0.3) is 0 Å². The zero-order chi connectivity index (χ0) is 19.7. The molecule has 0 unspecified atom stereocenters. The maximum atomic E-state index is 12.7. The summed E-state index contributed by atoms with van der Waals surface area (Å²) in [6.45, 7) is -1.42. The highest BCUT2D eigenvalue weighted by atomic mass is 32.2. The van der Waals surface area contributed by atoms with Crippen molar-refractivity contribution in [2.45, 2.75) is 35.7 Å². The zero-order valence-electron chi connectivity index (χ0n) is 14.7. The minimum absolute atomic E-state index is 0.0502. The van der Waals surface area contributed by atoms with E-state index in [9.17, 15) is 23.1 Å². The van der Waals surface area contributed by atoms with Crippen molar-refractivity contribution < 1.29 is 27.8 Å². The molecule has 0 aromatic heterocycles. The molecule has 7 heteroatoms. The number of hydrogen-bond donors (Lipinski definition) is 1. The fraction of sp³-hybridized carbons (Fsp3) is 0.350. The first-order valence-electron chi connectivity index (χ1n) is 8.47. The molecule has 1 saturated carbocycles. The van der Waals surface area contributed by atoms with E-state index in [4.69, 9.17) is 4.74 Å². The third kappa shape index (κ3) is 4.08. The first kappa shape index (κ1) is 19.6. The minimum atomic E-state index is -4.48. The number of carboxylic acid groups (broad SMARTS) is 1. The Morgan fingerprint density at radius 2 is 1.85 bits per heavy atom. The average molecular weight is 396 g/mol. The van der Waals surface area contributed by atoms with Gasteiger partial charge in [-0.05, 0) is 48.4 Å². The van der Waals surface area contributed by atoms with Gasteiger partial charge in [-0.15, -0.1) is 11.8 Å². The van der Waals surface area contributed by atoms with E-state index in [-0.39, 0.29) is 5.75 Å². The smallest absolute Gasteiger partial charge is 0.422 e. The number of alkyl halides is 3. The van der Waals surface area contributed by atoms with Crippen LogP contribution < -0.4 is 4.74 Å². The summed E-state index contributed by atoms with van der Waals surface area (Å²) < 4.78 is 43.2. The van der Waals surface area contributed by atoms with Crippen molar-refractivity contribution >= 4 is 17.7 Å². The number of halogens is 3. The molecular formula is C20H19F3O3S. The highest BCUT2D eigenvalue weighted by molar-refractivity contribution is 7.98. The summed E-state index contributed by atoms with van der Waals surface area (Å²) >= 11 is 1.56. The van der Waals surface area contributed by atoms with Gasteiger partial charge in [0.05, 0.1) is 5.41 Å². The first-order valence-corrected chi connectivity index (χ1v) is 9.69. The molecule has 1 aliphatic rings. The maximum Gasteiger partial charge on any atom is 0.422 e. The summed E-state index contributed by atoms with van der Waals surface area (Å²) in [4.78, 5) is 12.8. The average Bonchev–Trinajstić information content (AvgIpc) is 2.58. The topological polar surface area (TPSA) is 46.5 Å². The molecule has 0 saturated heterocycles. The number of hydrogen-bond acceptors (Lipinski definition) is 3. The number of rotatable bonds is 6. The lowest BCUT2D eigenvalue weighted by atomic mass is 9.64. The van der Waals surface area contributed by atoms with Crippen molar-refractivity contribution in [2.75, 3.05) is 12.9 Å². The molecule has 1 fully saturated rings. The lowest BCUT2D eigenvalue weighted by Crippen LogP contribution is -2.42. The van der Waals surface area contributed by atoms with Crippen LogP contribution in [0, 0.1) is 0 Å². The van der Waals surface area contributed by atoms with Gasteiger partial charge in [0, 0.05) is 10.5 Å². The molecule has 1 N–H and O–H groups in total. The first-order chi connectivity index (χ1) is 12.7. The predicted molar refractivity (Wildman–Crippen MR) is 98.4 cm³/mol. The number of carboxylic acids is 1. The van der Waals surface area contributed by atoms with E-state index < -0.39 is 24.2 Å². The van der Waals surface area contributed by atoms with Crippen LogP contribution in [0.15, 0.2) is 47.4 Å². The summed E-state index contributed by atoms with van der Waals surface area (Å²) in [5.41, 5.74) is 0.686. The fourth-order valence-corrected chi connectivity index (χ4v) is 3.67. The maximum absolute atomic E-state index is 12.7. The van der Waals surface area contributed by atoms with Crippen molar-refractivity contribution in [3.05, 3.63) is 48.0 Å². The summed E-state index contributed by atoms with van der Waals surface area (Å²) in [6, 6.07) is 12.2. The van der Waals surface area contributed by atoms with E-state index in [0.717, 1.165) is 16.9 Å². The second-order valence-corrected chi connectivity index (χ2v) is 7.46. The Labute approximate surface area is 159 Å². The molecular weight excluding hydrogens is 377 g/mol. The Balaban J connectivity index is 2.02. The highest BCUT2D eigenvalue weighted by Crippen LogP contribution is 2.46. The number of ether oxygens (including phenoxy) is 1. The van der Waals surface area contributed by atoms with Crippen LogP contribution in [0.3, 0.4) is 0 Å². The minimum Gasteiger partial charge on any atom is -0.483 e. The van der Waals surface area contributed by atoms with Crippen LogP contribution in [0.5, 0.6) is 5.75 Å². The molecule has 1 aliphatic carbocycles. The van der Waals surface area contributed by atoms with Crippen LogP contribution in [0.1, 0.15) is 24.8 Å². The monoisotopic (exact) mass is 396 g/mol. The molecule has 144 valence electrons. The van der Waals surface area contributed by atoms with Crippen molar-refractivity contribution in [3.63, 3.8) is 0 Å². The standard InChI is InChI=1S/C20H19F3O3S/c1-27-15-6-3-13(4-7-15)16-8-5-14(19(18(24)25)9-2-10-19)11-17(16)26-12-20(21,22)23/h3-8,11H,2,9-10,12H2,1H3,(H,24,25). The van der Waals surface area contributed by atoms with Crippen molar-refractivity contribution in [1.82, 2.24) is 0 Å². The van der Waals surface area contributed by atoms with E-state index in [2.05, 4.69) is 0 Å². The zero-order valence-corrected chi connectivity index (χ0v) is 15.5. The van der Waals surface area contributed by atoms with Gasteiger partial charge in [-0.25, -0.2) is 0 Å². The van der Waals surface area contributed by atoms with Gasteiger partial charge in [-0.1, -0.05) is 30.7 Å². The van der Waals surface area contributed by atoms with E-state index >= 15 is 0 Å². The number of carbonyl (C=O) groups is 1. The lowest BCUT2D eigenvalue weighted by Gasteiger charge is -2.38. The Morgan fingerprint density at radius 1 is 1.19 bits per heavy atom. The Hall–Kier alpha value is -2.15. The number of benzene rings is 2. The number of thioether (sulfide) groups is 1. The van der Waals surface area contributed by atoms with Gasteiger partial charge in [-0.3, -0.25) is 4.79 Å². The molecule has 0 aliphatic heterocycles. The molecule has 27 heavy (non-hydrogen) atoms. The molecule has 2 aromatic rings. The van der Waals surface area contributed by atoms with Gasteiger partial charge in [0.15, 0.2) is 6.61 Å². The number of aliphatic carboxylic acids is 1. The van der Waals surface area contributed by atoms with E-state index in [1.807, 2.05) is 30.5 Å². The molecule has 3 nitrogen and oxygen atoms in total.